The van der Waals surface area contributed by atoms with Gasteiger partial charge >= 0.3 is 0 Å². The van der Waals surface area contributed by atoms with E-state index in [1.807, 2.05) is 12.4 Å². The highest BCUT2D eigenvalue weighted by Gasteiger charge is 2.32. The average molecular weight is 356 g/mol. The van der Waals surface area contributed by atoms with Crippen LogP contribution >= 0.6 is 15.8 Å². The first-order valence-corrected chi connectivity index (χ1v) is 11.4. The van der Waals surface area contributed by atoms with Gasteiger partial charge in [0.15, 0.2) is 0 Å². The van der Waals surface area contributed by atoms with E-state index < -0.39 is 0 Å². The van der Waals surface area contributed by atoms with Crippen LogP contribution in [0.15, 0.2) is 24.0 Å². The molecule has 0 spiro atoms. The predicted molar refractivity (Wildman–Crippen MR) is 114 cm³/mol. The van der Waals surface area contributed by atoms with Crippen LogP contribution in [0.2, 0.25) is 0 Å². The quantitative estimate of drug-likeness (QED) is 0.448. The Morgan fingerprint density at radius 1 is 0.478 bits per heavy atom. The van der Waals surface area contributed by atoms with Crippen molar-refractivity contribution in [3.8, 4) is 0 Å². The van der Waals surface area contributed by atoms with Gasteiger partial charge in [-0.25, -0.2) is 0 Å². The van der Waals surface area contributed by atoms with E-state index in [2.05, 4.69) is 100 Å². The lowest BCUT2D eigenvalue weighted by Gasteiger charge is -2.40. The molecule has 0 N–H and O–H groups in total. The molecule has 0 saturated carbocycles. The Kier molecular flexibility index (Phi) is 8.06. The second-order valence-electron chi connectivity index (χ2n) is 10.2. The molecule has 0 unspecified atom stereocenters. The van der Waals surface area contributed by atoms with Crippen LogP contribution in [0, 0.1) is 0 Å². The molecular formula is C20H40NP2-. The molecule has 0 radical (unpaired) electrons. The zero-order chi connectivity index (χ0) is 18.7. The maximum absolute atomic E-state index is 4.58. The predicted octanol–water partition coefficient (Wildman–Crippen LogP) is 8.46. The van der Waals surface area contributed by atoms with Gasteiger partial charge in [-0.1, -0.05) is 111 Å². The van der Waals surface area contributed by atoms with Crippen LogP contribution in [-0.4, -0.2) is 20.6 Å². The van der Waals surface area contributed by atoms with Gasteiger partial charge in [0.05, 0.1) is 0 Å². The summed E-state index contributed by atoms with van der Waals surface area (Å²) in [6.45, 7) is 28.0. The molecule has 0 atom stereocenters. The van der Waals surface area contributed by atoms with Crippen molar-refractivity contribution in [2.75, 3.05) is 0 Å². The van der Waals surface area contributed by atoms with Gasteiger partial charge in [-0.15, -0.1) is 0 Å². The zero-order valence-corrected chi connectivity index (χ0v) is 19.4. The molecule has 3 heteroatoms. The Bertz CT molecular complexity index is 341. The molecule has 0 amide bonds. The molecule has 0 aromatic heterocycles. The molecule has 0 aromatic rings. The van der Waals surface area contributed by atoms with Gasteiger partial charge in [-0.2, -0.15) is 12.4 Å². The van der Waals surface area contributed by atoms with Gasteiger partial charge < -0.3 is 5.32 Å². The third-order valence-electron chi connectivity index (χ3n) is 3.49. The Labute approximate surface area is 149 Å². The van der Waals surface area contributed by atoms with Crippen LogP contribution in [0.5, 0.6) is 0 Å². The van der Waals surface area contributed by atoms with Crippen LogP contribution in [0.1, 0.15) is 83.1 Å². The lowest BCUT2D eigenvalue weighted by molar-refractivity contribution is 0.713. The topological polar surface area (TPSA) is 14.1 Å². The van der Waals surface area contributed by atoms with Gasteiger partial charge in [0.25, 0.3) is 0 Å². The summed E-state index contributed by atoms with van der Waals surface area (Å²) in [5.41, 5.74) is 0. The molecular weight excluding hydrogens is 316 g/mol. The second kappa shape index (κ2) is 8.01. The number of hydrogen-bond acceptors (Lipinski definition) is 0. The third kappa shape index (κ3) is 8.69. The number of nitrogens with zero attached hydrogens (tertiary/aromatic N) is 1. The monoisotopic (exact) mass is 356 g/mol. The minimum Gasteiger partial charge on any atom is -0.670 e. The lowest BCUT2D eigenvalue weighted by atomic mass is 10.2. The molecule has 23 heavy (non-hydrogen) atoms. The van der Waals surface area contributed by atoms with Gasteiger partial charge in [0, 0.05) is 0 Å². The molecule has 0 fully saturated rings. The summed E-state index contributed by atoms with van der Waals surface area (Å²) in [6, 6.07) is 0. The molecule has 1 nitrogen and oxygen atoms in total. The Hall–Kier alpha value is 0.140. The van der Waals surface area contributed by atoms with Crippen molar-refractivity contribution in [1.82, 2.24) is 0 Å². The fraction of sp³-hybridized carbons (Fsp3) is 0.800. The highest BCUT2D eigenvalue weighted by Crippen LogP contribution is 2.61. The molecule has 136 valence electrons. The van der Waals surface area contributed by atoms with Crippen molar-refractivity contribution < 1.29 is 0 Å². The van der Waals surface area contributed by atoms with Crippen LogP contribution in [-0.2, 0) is 0 Å². The third-order valence-corrected chi connectivity index (χ3v) is 10.1. The largest absolute Gasteiger partial charge is 0.670 e. The second-order valence-corrected chi connectivity index (χ2v) is 17.6. The van der Waals surface area contributed by atoms with E-state index in [4.69, 9.17) is 0 Å². The summed E-state index contributed by atoms with van der Waals surface area (Å²) < 4.78 is 0. The minimum atomic E-state index is -0.223. The molecule has 0 aliphatic rings. The van der Waals surface area contributed by atoms with Crippen molar-refractivity contribution in [3.63, 3.8) is 0 Å². The van der Waals surface area contributed by atoms with Crippen LogP contribution < -0.4 is 0 Å². The lowest BCUT2D eigenvalue weighted by Crippen LogP contribution is -2.23. The average Bonchev–Trinajstić information content (AvgIpc) is 2.19. The van der Waals surface area contributed by atoms with E-state index in [0.717, 1.165) is 0 Å². The number of hydrogen-bond donors (Lipinski definition) is 0. The fourth-order valence-electron chi connectivity index (χ4n) is 3.17. The van der Waals surface area contributed by atoms with Crippen molar-refractivity contribution >= 4 is 15.8 Å². The standard InChI is InChI=1S/C20H40NP2/c1-17(2,3)22(18(4,5)6)15-13-21-14-16-23(19(7,8)9)20(10,11)12/h13-16H,1-12H3/q-1/b15-13+,16-14+. The minimum absolute atomic E-state index is 0.223. The molecule has 0 saturated heterocycles. The van der Waals surface area contributed by atoms with Crippen molar-refractivity contribution in [2.45, 2.75) is 104 Å². The fourth-order valence-corrected chi connectivity index (χ4v) is 9.40. The van der Waals surface area contributed by atoms with E-state index >= 15 is 0 Å². The van der Waals surface area contributed by atoms with Crippen molar-refractivity contribution in [2.24, 2.45) is 0 Å². The molecule has 0 heterocycles. The van der Waals surface area contributed by atoms with Gasteiger partial charge in [0.1, 0.15) is 0 Å². The molecule has 0 aliphatic carbocycles. The smallest absolute Gasteiger partial charge is 0.0141 e. The zero-order valence-electron chi connectivity index (χ0n) is 17.7. The van der Waals surface area contributed by atoms with Gasteiger partial charge in [-0.3, -0.25) is 0 Å². The van der Waals surface area contributed by atoms with Gasteiger partial charge in [0.2, 0.25) is 0 Å². The molecule has 0 aromatic carbocycles. The van der Waals surface area contributed by atoms with Crippen LogP contribution in [0.3, 0.4) is 0 Å². The Balaban J connectivity index is 4.98. The first-order chi connectivity index (χ1) is 9.97. The summed E-state index contributed by atoms with van der Waals surface area (Å²) >= 11 is 0. The molecule has 0 rings (SSSR count). The highest BCUT2D eigenvalue weighted by atomic mass is 31.1. The van der Waals surface area contributed by atoms with E-state index in [9.17, 15) is 0 Å². The van der Waals surface area contributed by atoms with E-state index in [1.165, 1.54) is 0 Å². The molecule has 0 bridgehead atoms. The maximum Gasteiger partial charge on any atom is -0.0141 e. The maximum atomic E-state index is 4.58. The Morgan fingerprint density at radius 2 is 0.696 bits per heavy atom. The highest BCUT2D eigenvalue weighted by molar-refractivity contribution is 7.64. The van der Waals surface area contributed by atoms with E-state index in [-0.39, 0.29) is 15.8 Å². The first kappa shape index (κ1) is 23.1. The van der Waals surface area contributed by atoms with Crippen molar-refractivity contribution in [3.05, 3.63) is 29.4 Å². The van der Waals surface area contributed by atoms with Crippen molar-refractivity contribution in [1.29, 1.82) is 0 Å². The summed E-state index contributed by atoms with van der Waals surface area (Å²) in [4.78, 5) is 0. The summed E-state index contributed by atoms with van der Waals surface area (Å²) in [5, 5.41) is 5.83. The summed E-state index contributed by atoms with van der Waals surface area (Å²) in [5.74, 6) is 4.69. The SMILES string of the molecule is CC(C)(C)P(/C=C/[N-]/C=C/P(C(C)(C)C)C(C)(C)C)C(C)(C)C. The van der Waals surface area contributed by atoms with Crippen LogP contribution in [0.4, 0.5) is 0 Å². The van der Waals surface area contributed by atoms with Gasteiger partial charge in [-0.05, 0) is 20.6 Å². The van der Waals surface area contributed by atoms with Crippen LogP contribution in [0.25, 0.3) is 5.32 Å². The number of rotatable bonds is 4. The summed E-state index contributed by atoms with van der Waals surface area (Å²) in [6.07, 6.45) is 4.05. The summed E-state index contributed by atoms with van der Waals surface area (Å²) in [7, 11) is -0.445. The normalized spacial score (nSPS) is 15.4. The van der Waals surface area contributed by atoms with E-state index in [0.29, 0.717) is 20.6 Å². The van der Waals surface area contributed by atoms with E-state index in [1.54, 1.807) is 0 Å². The Morgan fingerprint density at radius 3 is 0.870 bits per heavy atom. The first-order valence-electron chi connectivity index (χ1n) is 8.59. The molecule has 0 aliphatic heterocycles.